The molecule has 0 saturated heterocycles. The number of esters is 1. The molecular formula is C9H12N2O3S. The molecule has 1 aromatic rings. The molecule has 1 heterocycles. The predicted molar refractivity (Wildman–Crippen MR) is 55.7 cm³/mol. The first-order chi connectivity index (χ1) is 7.24. The van der Waals surface area contributed by atoms with E-state index in [2.05, 4.69) is 10.3 Å². The van der Waals surface area contributed by atoms with Crippen LogP contribution in [0.5, 0.6) is 0 Å². The Hall–Kier alpha value is -1.43. The number of hydrogen-bond donors (Lipinski definition) is 1. The van der Waals surface area contributed by atoms with Gasteiger partial charge in [-0.2, -0.15) is 0 Å². The molecule has 5 nitrogen and oxygen atoms in total. The summed E-state index contributed by atoms with van der Waals surface area (Å²) in [5.41, 5.74) is 1.96. The zero-order valence-electron chi connectivity index (χ0n) is 8.36. The van der Waals surface area contributed by atoms with Crippen molar-refractivity contribution in [3.05, 3.63) is 16.6 Å². The fourth-order valence-corrected chi connectivity index (χ4v) is 1.46. The van der Waals surface area contributed by atoms with Crippen LogP contribution in [0.2, 0.25) is 0 Å². The number of nitrogens with one attached hydrogen (secondary N) is 1. The van der Waals surface area contributed by atoms with Gasteiger partial charge in [0.05, 0.1) is 18.5 Å². The topological polar surface area (TPSA) is 68.3 Å². The Bertz CT molecular complexity index is 324. The molecule has 0 aliphatic carbocycles. The van der Waals surface area contributed by atoms with Crippen LogP contribution < -0.4 is 5.32 Å². The van der Waals surface area contributed by atoms with Gasteiger partial charge in [-0.25, -0.2) is 4.98 Å². The summed E-state index contributed by atoms with van der Waals surface area (Å²) in [6.07, 6.45) is 0.184. The third-order valence-corrected chi connectivity index (χ3v) is 2.17. The molecule has 1 rings (SSSR count). The van der Waals surface area contributed by atoms with E-state index in [0.29, 0.717) is 12.3 Å². The molecule has 6 heteroatoms. The molecule has 0 atom stereocenters. The summed E-state index contributed by atoms with van der Waals surface area (Å²) < 4.78 is 4.71. The molecule has 1 amide bonds. The van der Waals surface area contributed by atoms with Crippen molar-refractivity contribution in [1.29, 1.82) is 0 Å². The Morgan fingerprint density at radius 1 is 1.60 bits per heavy atom. The minimum atomic E-state index is -0.309. The lowest BCUT2D eigenvalue weighted by atomic mass is 10.4. The highest BCUT2D eigenvalue weighted by Gasteiger charge is 2.07. The van der Waals surface area contributed by atoms with E-state index in [9.17, 15) is 9.59 Å². The number of amides is 1. The normalized spacial score (nSPS) is 9.67. The minimum absolute atomic E-state index is 0.184. The van der Waals surface area contributed by atoms with E-state index in [1.165, 1.54) is 11.3 Å². The largest absolute Gasteiger partial charge is 0.466 e. The molecular weight excluding hydrogens is 216 g/mol. The molecule has 0 unspecified atom stereocenters. The average Bonchev–Trinajstić information content (AvgIpc) is 2.70. The van der Waals surface area contributed by atoms with Gasteiger partial charge in [0.2, 0.25) is 0 Å². The molecule has 0 fully saturated rings. The van der Waals surface area contributed by atoms with Crippen LogP contribution in [0.3, 0.4) is 0 Å². The van der Waals surface area contributed by atoms with Crippen LogP contribution in [0.15, 0.2) is 10.9 Å². The van der Waals surface area contributed by atoms with Gasteiger partial charge in [0, 0.05) is 11.9 Å². The van der Waals surface area contributed by atoms with Crippen molar-refractivity contribution in [2.24, 2.45) is 0 Å². The lowest BCUT2D eigenvalue weighted by molar-refractivity contribution is -0.142. The highest BCUT2D eigenvalue weighted by molar-refractivity contribution is 7.07. The Morgan fingerprint density at radius 3 is 3.00 bits per heavy atom. The highest BCUT2D eigenvalue weighted by Crippen LogP contribution is 2.00. The SMILES string of the molecule is CCOC(=O)CCNC(=O)c1cscn1. The Morgan fingerprint density at radius 2 is 2.40 bits per heavy atom. The number of thiazole rings is 1. The van der Waals surface area contributed by atoms with Crippen molar-refractivity contribution in [3.8, 4) is 0 Å². The maximum atomic E-state index is 11.3. The van der Waals surface area contributed by atoms with Crippen LogP contribution in [-0.2, 0) is 9.53 Å². The van der Waals surface area contributed by atoms with E-state index < -0.39 is 0 Å². The fraction of sp³-hybridized carbons (Fsp3) is 0.444. The number of carbonyl (C=O) groups excluding carboxylic acids is 2. The van der Waals surface area contributed by atoms with Gasteiger partial charge in [-0.05, 0) is 6.92 Å². The highest BCUT2D eigenvalue weighted by atomic mass is 32.1. The second-order valence-corrected chi connectivity index (χ2v) is 3.40. The quantitative estimate of drug-likeness (QED) is 0.758. The summed E-state index contributed by atoms with van der Waals surface area (Å²) in [7, 11) is 0. The summed E-state index contributed by atoms with van der Waals surface area (Å²) in [5, 5.41) is 4.23. The van der Waals surface area contributed by atoms with E-state index in [0.717, 1.165) is 0 Å². The van der Waals surface area contributed by atoms with E-state index in [1.807, 2.05) is 0 Å². The first-order valence-corrected chi connectivity index (χ1v) is 5.50. The van der Waals surface area contributed by atoms with Crippen molar-refractivity contribution in [3.63, 3.8) is 0 Å². The van der Waals surface area contributed by atoms with Crippen LogP contribution in [0, 0.1) is 0 Å². The Balaban J connectivity index is 2.21. The van der Waals surface area contributed by atoms with Gasteiger partial charge < -0.3 is 10.1 Å². The monoisotopic (exact) mass is 228 g/mol. The number of carbonyl (C=O) groups is 2. The molecule has 0 aromatic carbocycles. The lowest BCUT2D eigenvalue weighted by Crippen LogP contribution is -2.26. The second kappa shape index (κ2) is 6.13. The Kier molecular flexibility index (Phi) is 4.76. The minimum Gasteiger partial charge on any atom is -0.466 e. The van der Waals surface area contributed by atoms with Crippen molar-refractivity contribution < 1.29 is 14.3 Å². The van der Waals surface area contributed by atoms with Crippen LogP contribution in [0.4, 0.5) is 0 Å². The summed E-state index contributed by atoms with van der Waals surface area (Å²) >= 11 is 1.35. The molecule has 0 aliphatic heterocycles. The van der Waals surface area contributed by atoms with Gasteiger partial charge >= 0.3 is 5.97 Å². The van der Waals surface area contributed by atoms with E-state index >= 15 is 0 Å². The summed E-state index contributed by atoms with van der Waals surface area (Å²) in [6.45, 7) is 2.37. The molecule has 0 bridgehead atoms. The third kappa shape index (κ3) is 4.07. The zero-order chi connectivity index (χ0) is 11.1. The van der Waals surface area contributed by atoms with Gasteiger partial charge in [-0.15, -0.1) is 11.3 Å². The van der Waals surface area contributed by atoms with Crippen molar-refractivity contribution in [2.45, 2.75) is 13.3 Å². The van der Waals surface area contributed by atoms with E-state index in [-0.39, 0.29) is 24.8 Å². The van der Waals surface area contributed by atoms with Gasteiger partial charge in [0.25, 0.3) is 5.91 Å². The maximum absolute atomic E-state index is 11.3. The first-order valence-electron chi connectivity index (χ1n) is 4.56. The predicted octanol–water partition coefficient (Wildman–Crippen LogP) is 0.826. The number of aromatic nitrogens is 1. The average molecular weight is 228 g/mol. The number of hydrogen-bond acceptors (Lipinski definition) is 5. The molecule has 0 saturated carbocycles. The van der Waals surface area contributed by atoms with Crippen LogP contribution in [-0.4, -0.2) is 30.0 Å². The molecule has 1 N–H and O–H groups in total. The first kappa shape index (κ1) is 11.6. The summed E-state index contributed by atoms with van der Waals surface area (Å²) in [4.78, 5) is 26.1. The van der Waals surface area contributed by atoms with Crippen molar-refractivity contribution in [2.75, 3.05) is 13.2 Å². The van der Waals surface area contributed by atoms with Gasteiger partial charge in [0.1, 0.15) is 5.69 Å². The molecule has 1 aromatic heterocycles. The zero-order valence-corrected chi connectivity index (χ0v) is 9.17. The third-order valence-electron chi connectivity index (χ3n) is 1.58. The number of rotatable bonds is 5. The van der Waals surface area contributed by atoms with Crippen LogP contribution >= 0.6 is 11.3 Å². The van der Waals surface area contributed by atoms with E-state index in [4.69, 9.17) is 4.74 Å². The smallest absolute Gasteiger partial charge is 0.307 e. The molecule has 15 heavy (non-hydrogen) atoms. The van der Waals surface area contributed by atoms with E-state index in [1.54, 1.807) is 17.8 Å². The summed E-state index contributed by atoms with van der Waals surface area (Å²) in [6, 6.07) is 0. The molecule has 0 radical (unpaired) electrons. The number of ether oxygens (including phenoxy) is 1. The maximum Gasteiger partial charge on any atom is 0.307 e. The standard InChI is InChI=1S/C9H12N2O3S/c1-2-14-8(12)3-4-10-9(13)7-5-15-6-11-7/h5-6H,2-4H2,1H3,(H,10,13). The fourth-order valence-electron chi connectivity index (χ4n) is 0.926. The van der Waals surface area contributed by atoms with Crippen LogP contribution in [0.25, 0.3) is 0 Å². The number of nitrogens with zero attached hydrogens (tertiary/aromatic N) is 1. The lowest BCUT2D eigenvalue weighted by Gasteiger charge is -2.02. The van der Waals surface area contributed by atoms with Crippen LogP contribution in [0.1, 0.15) is 23.8 Å². The van der Waals surface area contributed by atoms with Crippen molar-refractivity contribution >= 4 is 23.2 Å². The molecule has 0 spiro atoms. The second-order valence-electron chi connectivity index (χ2n) is 2.68. The molecule has 82 valence electrons. The summed E-state index contributed by atoms with van der Waals surface area (Å²) in [5.74, 6) is -0.573. The van der Waals surface area contributed by atoms with Gasteiger partial charge in [-0.1, -0.05) is 0 Å². The van der Waals surface area contributed by atoms with Crippen molar-refractivity contribution in [1.82, 2.24) is 10.3 Å². The van der Waals surface area contributed by atoms with Gasteiger partial charge in [0.15, 0.2) is 0 Å². The Labute approximate surface area is 91.5 Å². The van der Waals surface area contributed by atoms with Gasteiger partial charge in [-0.3, -0.25) is 9.59 Å². The molecule has 0 aliphatic rings.